The molecule has 0 aliphatic heterocycles. The third-order valence-corrected chi connectivity index (χ3v) is 3.53. The van der Waals surface area contributed by atoms with Gasteiger partial charge in [0.05, 0.1) is 0 Å². The summed E-state index contributed by atoms with van der Waals surface area (Å²) in [5.41, 5.74) is 0.555. The molecule has 0 N–H and O–H groups in total. The molecule has 0 amide bonds. The fourth-order valence-electron chi connectivity index (χ4n) is 1.95. The second kappa shape index (κ2) is 4.33. The van der Waals surface area contributed by atoms with Crippen LogP contribution >= 0.6 is 0 Å². The molecule has 0 saturated heterocycles. The number of rotatable bonds is 3. The van der Waals surface area contributed by atoms with Gasteiger partial charge in [-0.25, -0.2) is 0 Å². The minimum Gasteiger partial charge on any atom is -0.294 e. The molecular formula is C16H18O. The molecule has 1 heteroatoms. The molecular weight excluding hydrogens is 208 g/mol. The molecule has 0 fully saturated rings. The summed E-state index contributed by atoms with van der Waals surface area (Å²) in [6.07, 6.45) is 0.856. The standard InChI is InChI=1S/C16H18O/c1-4-16(2,3)15(17)14-11-7-9-12-8-5-6-10-13(12)14/h5-11H,4H2,1-3H3. The Morgan fingerprint density at radius 3 is 2.41 bits per heavy atom. The predicted octanol–water partition coefficient (Wildman–Crippen LogP) is 4.46. The Balaban J connectivity index is 2.60. The van der Waals surface area contributed by atoms with Crippen LogP contribution in [-0.4, -0.2) is 5.78 Å². The lowest BCUT2D eigenvalue weighted by Crippen LogP contribution is -2.23. The second-order valence-corrected chi connectivity index (χ2v) is 5.09. The number of Topliss-reactive ketones (excluding diaryl/α,β-unsaturated/α-hetero) is 1. The molecule has 0 atom stereocenters. The van der Waals surface area contributed by atoms with Crippen molar-refractivity contribution in [3.8, 4) is 0 Å². The Morgan fingerprint density at radius 1 is 1.06 bits per heavy atom. The number of carbonyl (C=O) groups excluding carboxylic acids is 1. The number of fused-ring (bicyclic) bond motifs is 1. The highest BCUT2D eigenvalue weighted by molar-refractivity contribution is 6.10. The molecule has 88 valence electrons. The summed E-state index contributed by atoms with van der Waals surface area (Å²) in [6, 6.07) is 14.0. The van der Waals surface area contributed by atoms with Crippen LogP contribution in [0.5, 0.6) is 0 Å². The van der Waals surface area contributed by atoms with Crippen LogP contribution in [-0.2, 0) is 0 Å². The van der Waals surface area contributed by atoms with E-state index >= 15 is 0 Å². The molecule has 1 nitrogen and oxygen atoms in total. The average molecular weight is 226 g/mol. The Hall–Kier alpha value is -1.63. The van der Waals surface area contributed by atoms with E-state index < -0.39 is 0 Å². The molecule has 2 aromatic carbocycles. The zero-order chi connectivity index (χ0) is 12.5. The van der Waals surface area contributed by atoms with Crippen molar-refractivity contribution in [1.29, 1.82) is 0 Å². The first-order valence-electron chi connectivity index (χ1n) is 6.09. The SMILES string of the molecule is CCC(C)(C)C(=O)c1cccc2ccccc12. The zero-order valence-electron chi connectivity index (χ0n) is 10.7. The van der Waals surface area contributed by atoms with Crippen LogP contribution in [0.2, 0.25) is 0 Å². The first-order valence-corrected chi connectivity index (χ1v) is 6.09. The smallest absolute Gasteiger partial charge is 0.169 e. The Bertz CT molecular complexity index is 547. The Morgan fingerprint density at radius 2 is 1.71 bits per heavy atom. The monoisotopic (exact) mass is 226 g/mol. The normalized spacial score (nSPS) is 11.7. The van der Waals surface area contributed by atoms with E-state index in [-0.39, 0.29) is 11.2 Å². The van der Waals surface area contributed by atoms with E-state index in [0.29, 0.717) is 0 Å². The van der Waals surface area contributed by atoms with Crippen LogP contribution in [0.15, 0.2) is 42.5 Å². The quantitative estimate of drug-likeness (QED) is 0.706. The van der Waals surface area contributed by atoms with Crippen LogP contribution in [0.4, 0.5) is 0 Å². The van der Waals surface area contributed by atoms with E-state index in [9.17, 15) is 4.79 Å². The van der Waals surface area contributed by atoms with Crippen molar-refractivity contribution >= 4 is 16.6 Å². The molecule has 0 bridgehead atoms. The molecule has 0 unspecified atom stereocenters. The highest BCUT2D eigenvalue weighted by Gasteiger charge is 2.27. The fourth-order valence-corrected chi connectivity index (χ4v) is 1.95. The second-order valence-electron chi connectivity index (χ2n) is 5.09. The maximum atomic E-state index is 12.5. The first kappa shape index (κ1) is 11.8. The van der Waals surface area contributed by atoms with E-state index in [0.717, 1.165) is 22.8 Å². The van der Waals surface area contributed by atoms with Gasteiger partial charge in [-0.1, -0.05) is 63.2 Å². The largest absolute Gasteiger partial charge is 0.294 e. The third-order valence-electron chi connectivity index (χ3n) is 3.53. The first-order chi connectivity index (χ1) is 8.06. The van der Waals surface area contributed by atoms with E-state index in [1.54, 1.807) is 0 Å². The lowest BCUT2D eigenvalue weighted by molar-refractivity contribution is 0.0835. The van der Waals surface area contributed by atoms with Crippen molar-refractivity contribution in [2.45, 2.75) is 27.2 Å². The van der Waals surface area contributed by atoms with Gasteiger partial charge in [0.15, 0.2) is 5.78 Å². The molecule has 0 aliphatic rings. The molecule has 0 saturated carbocycles. The van der Waals surface area contributed by atoms with Crippen molar-refractivity contribution < 1.29 is 4.79 Å². The minimum absolute atomic E-state index is 0.233. The summed E-state index contributed by atoms with van der Waals surface area (Å²) in [5, 5.41) is 2.19. The third kappa shape index (κ3) is 2.10. The zero-order valence-corrected chi connectivity index (χ0v) is 10.7. The maximum Gasteiger partial charge on any atom is 0.169 e. The topological polar surface area (TPSA) is 17.1 Å². The van der Waals surface area contributed by atoms with Crippen LogP contribution in [0, 0.1) is 5.41 Å². The van der Waals surface area contributed by atoms with Crippen LogP contribution < -0.4 is 0 Å². The summed E-state index contributed by atoms with van der Waals surface area (Å²) >= 11 is 0. The van der Waals surface area contributed by atoms with E-state index in [1.165, 1.54) is 0 Å². The number of carbonyl (C=O) groups is 1. The predicted molar refractivity (Wildman–Crippen MR) is 72.4 cm³/mol. The summed E-state index contributed by atoms with van der Waals surface area (Å²) in [7, 11) is 0. The average Bonchev–Trinajstić information content (AvgIpc) is 2.37. The maximum absolute atomic E-state index is 12.5. The Kier molecular flexibility index (Phi) is 3.01. The molecule has 0 radical (unpaired) electrons. The molecule has 2 rings (SSSR count). The van der Waals surface area contributed by atoms with Gasteiger partial charge in [-0.2, -0.15) is 0 Å². The van der Waals surface area contributed by atoms with Crippen LogP contribution in [0.3, 0.4) is 0 Å². The van der Waals surface area contributed by atoms with Gasteiger partial charge >= 0.3 is 0 Å². The van der Waals surface area contributed by atoms with Gasteiger partial charge in [-0.3, -0.25) is 4.79 Å². The summed E-state index contributed by atoms with van der Waals surface area (Å²) in [6.45, 7) is 6.08. The highest BCUT2D eigenvalue weighted by Crippen LogP contribution is 2.29. The van der Waals surface area contributed by atoms with Crippen LogP contribution in [0.25, 0.3) is 10.8 Å². The molecule has 0 aromatic heterocycles. The van der Waals surface area contributed by atoms with Crippen molar-refractivity contribution in [2.75, 3.05) is 0 Å². The Labute approximate surface area is 102 Å². The van der Waals surface area contributed by atoms with Crippen LogP contribution in [0.1, 0.15) is 37.6 Å². The van der Waals surface area contributed by atoms with Gasteiger partial charge in [0.1, 0.15) is 0 Å². The summed E-state index contributed by atoms with van der Waals surface area (Å²) < 4.78 is 0. The highest BCUT2D eigenvalue weighted by atomic mass is 16.1. The molecule has 0 spiro atoms. The summed E-state index contributed by atoms with van der Waals surface area (Å²) in [4.78, 5) is 12.5. The fraction of sp³-hybridized carbons (Fsp3) is 0.312. The molecule has 2 aromatic rings. The minimum atomic E-state index is -0.288. The number of benzene rings is 2. The number of hydrogen-bond acceptors (Lipinski definition) is 1. The van der Waals surface area contributed by atoms with Gasteiger partial charge in [0.2, 0.25) is 0 Å². The van der Waals surface area contributed by atoms with E-state index in [1.807, 2.05) is 56.3 Å². The van der Waals surface area contributed by atoms with Gasteiger partial charge < -0.3 is 0 Å². The van der Waals surface area contributed by atoms with Gasteiger partial charge in [0.25, 0.3) is 0 Å². The summed E-state index contributed by atoms with van der Waals surface area (Å²) in [5.74, 6) is 0.233. The number of hydrogen-bond donors (Lipinski definition) is 0. The van der Waals surface area contributed by atoms with Gasteiger partial charge in [-0.15, -0.1) is 0 Å². The van der Waals surface area contributed by atoms with E-state index in [2.05, 4.69) is 6.92 Å². The molecule has 0 aliphatic carbocycles. The van der Waals surface area contributed by atoms with Gasteiger partial charge in [-0.05, 0) is 17.2 Å². The van der Waals surface area contributed by atoms with Crippen molar-refractivity contribution in [2.24, 2.45) is 5.41 Å². The number of ketones is 1. The lowest BCUT2D eigenvalue weighted by atomic mass is 9.81. The van der Waals surface area contributed by atoms with Gasteiger partial charge in [0, 0.05) is 11.0 Å². The lowest BCUT2D eigenvalue weighted by Gasteiger charge is -2.21. The van der Waals surface area contributed by atoms with Crippen molar-refractivity contribution in [3.63, 3.8) is 0 Å². The molecule has 0 heterocycles. The van der Waals surface area contributed by atoms with E-state index in [4.69, 9.17) is 0 Å². The molecule has 17 heavy (non-hydrogen) atoms. The van der Waals surface area contributed by atoms with Crippen molar-refractivity contribution in [3.05, 3.63) is 48.0 Å². The van der Waals surface area contributed by atoms with Crippen molar-refractivity contribution in [1.82, 2.24) is 0 Å².